The Morgan fingerprint density at radius 3 is 2.47 bits per heavy atom. The molecule has 5 heteroatoms. The van der Waals surface area contributed by atoms with Gasteiger partial charge in [0.1, 0.15) is 5.82 Å². The quantitative estimate of drug-likeness (QED) is 0.780. The molecule has 0 amide bonds. The SMILES string of the molecule is Clc1nccc(N2CCN(C3CCCCC3)CC2)n1. The standard InChI is InChI=1S/C14H21ClN4/c15-14-16-7-6-13(17-14)19-10-8-18(9-11-19)12-4-2-1-3-5-12/h6-7,12H,1-5,8-11H2. The summed E-state index contributed by atoms with van der Waals surface area (Å²) in [6, 6.07) is 2.77. The van der Waals surface area contributed by atoms with Crippen LogP contribution in [0.15, 0.2) is 12.3 Å². The Morgan fingerprint density at radius 2 is 1.79 bits per heavy atom. The molecule has 2 aliphatic rings. The predicted molar refractivity (Wildman–Crippen MR) is 77.7 cm³/mol. The summed E-state index contributed by atoms with van der Waals surface area (Å²) in [5.74, 6) is 0.961. The van der Waals surface area contributed by atoms with Crippen LogP contribution in [0.1, 0.15) is 32.1 Å². The topological polar surface area (TPSA) is 32.3 Å². The van der Waals surface area contributed by atoms with Crippen LogP contribution in [0, 0.1) is 0 Å². The van der Waals surface area contributed by atoms with E-state index in [0.29, 0.717) is 5.28 Å². The molecule has 0 unspecified atom stereocenters. The van der Waals surface area contributed by atoms with Gasteiger partial charge in [-0.15, -0.1) is 0 Å². The van der Waals surface area contributed by atoms with Crippen molar-refractivity contribution in [2.75, 3.05) is 31.1 Å². The highest BCUT2D eigenvalue weighted by atomic mass is 35.5. The lowest BCUT2D eigenvalue weighted by Crippen LogP contribution is -2.51. The predicted octanol–water partition coefficient (Wildman–Crippen LogP) is 2.58. The molecule has 3 rings (SSSR count). The second-order valence-electron chi connectivity index (χ2n) is 5.50. The number of anilines is 1. The summed E-state index contributed by atoms with van der Waals surface area (Å²) in [6.45, 7) is 4.38. The minimum Gasteiger partial charge on any atom is -0.354 e. The van der Waals surface area contributed by atoms with E-state index in [0.717, 1.165) is 38.0 Å². The minimum atomic E-state index is 0.340. The summed E-state index contributed by atoms with van der Waals surface area (Å²) in [5, 5.41) is 0.340. The molecule has 2 heterocycles. The first-order valence-electron chi connectivity index (χ1n) is 7.30. The molecule has 0 N–H and O–H groups in total. The second-order valence-corrected chi connectivity index (χ2v) is 5.84. The monoisotopic (exact) mass is 280 g/mol. The Balaban J connectivity index is 1.57. The summed E-state index contributed by atoms with van der Waals surface area (Å²) in [5.41, 5.74) is 0. The first kappa shape index (κ1) is 13.1. The van der Waals surface area contributed by atoms with Gasteiger partial charge in [-0.2, -0.15) is 0 Å². The number of halogens is 1. The Labute approximate surface area is 119 Å². The molecule has 0 aromatic carbocycles. The van der Waals surface area contributed by atoms with Gasteiger partial charge in [-0.1, -0.05) is 19.3 Å². The van der Waals surface area contributed by atoms with Crippen molar-refractivity contribution < 1.29 is 0 Å². The molecule has 1 aromatic rings. The zero-order valence-electron chi connectivity index (χ0n) is 11.3. The molecule has 1 aromatic heterocycles. The molecule has 1 aliphatic heterocycles. The molecule has 19 heavy (non-hydrogen) atoms. The van der Waals surface area contributed by atoms with Gasteiger partial charge >= 0.3 is 0 Å². The Kier molecular flexibility index (Phi) is 4.18. The summed E-state index contributed by atoms with van der Waals surface area (Å²) in [7, 11) is 0. The lowest BCUT2D eigenvalue weighted by molar-refractivity contribution is 0.147. The third-order valence-corrected chi connectivity index (χ3v) is 4.52. The Bertz CT molecular complexity index is 412. The molecule has 0 bridgehead atoms. The normalized spacial score (nSPS) is 22.7. The smallest absolute Gasteiger partial charge is 0.224 e. The van der Waals surface area contributed by atoms with E-state index in [1.807, 2.05) is 6.07 Å². The van der Waals surface area contributed by atoms with Crippen LogP contribution in [0.5, 0.6) is 0 Å². The Hall–Kier alpha value is -0.870. The molecule has 0 atom stereocenters. The van der Waals surface area contributed by atoms with Crippen molar-refractivity contribution in [3.8, 4) is 0 Å². The summed E-state index contributed by atoms with van der Waals surface area (Å²) < 4.78 is 0. The van der Waals surface area contributed by atoms with Crippen LogP contribution in [0.2, 0.25) is 5.28 Å². The van der Waals surface area contributed by atoms with Gasteiger partial charge in [-0.05, 0) is 30.5 Å². The molecule has 1 saturated carbocycles. The van der Waals surface area contributed by atoms with Crippen LogP contribution < -0.4 is 4.90 Å². The molecule has 1 aliphatic carbocycles. The van der Waals surface area contributed by atoms with Gasteiger partial charge in [0.2, 0.25) is 5.28 Å². The average molecular weight is 281 g/mol. The van der Waals surface area contributed by atoms with Gasteiger partial charge in [0.25, 0.3) is 0 Å². The van der Waals surface area contributed by atoms with Crippen molar-refractivity contribution in [1.29, 1.82) is 0 Å². The fraction of sp³-hybridized carbons (Fsp3) is 0.714. The van der Waals surface area contributed by atoms with Crippen LogP contribution in [0.3, 0.4) is 0 Å². The second kappa shape index (κ2) is 6.06. The maximum atomic E-state index is 5.86. The van der Waals surface area contributed by atoms with Gasteiger partial charge in [-0.25, -0.2) is 9.97 Å². The van der Waals surface area contributed by atoms with Crippen LogP contribution in [0.4, 0.5) is 5.82 Å². The number of hydrogen-bond donors (Lipinski definition) is 0. The lowest BCUT2D eigenvalue weighted by Gasteiger charge is -2.41. The lowest BCUT2D eigenvalue weighted by atomic mass is 9.94. The summed E-state index contributed by atoms with van der Waals surface area (Å²) >= 11 is 5.86. The first-order valence-corrected chi connectivity index (χ1v) is 7.68. The van der Waals surface area contributed by atoms with Crippen LogP contribution in [-0.2, 0) is 0 Å². The van der Waals surface area contributed by atoms with E-state index in [-0.39, 0.29) is 0 Å². The van der Waals surface area contributed by atoms with E-state index < -0.39 is 0 Å². The third-order valence-electron chi connectivity index (χ3n) is 4.34. The van der Waals surface area contributed by atoms with Crippen LogP contribution in [0.25, 0.3) is 0 Å². The van der Waals surface area contributed by atoms with Gasteiger partial charge in [-0.3, -0.25) is 4.90 Å². The Morgan fingerprint density at radius 1 is 1.05 bits per heavy atom. The van der Waals surface area contributed by atoms with Crippen LogP contribution >= 0.6 is 11.6 Å². The van der Waals surface area contributed by atoms with Gasteiger partial charge in [0.05, 0.1) is 0 Å². The molecule has 2 fully saturated rings. The van der Waals surface area contributed by atoms with Crippen molar-refractivity contribution in [2.45, 2.75) is 38.1 Å². The zero-order valence-corrected chi connectivity index (χ0v) is 12.0. The van der Waals surface area contributed by atoms with Crippen molar-refractivity contribution >= 4 is 17.4 Å². The van der Waals surface area contributed by atoms with E-state index in [4.69, 9.17) is 11.6 Å². The van der Waals surface area contributed by atoms with E-state index >= 15 is 0 Å². The van der Waals surface area contributed by atoms with Gasteiger partial charge in [0.15, 0.2) is 0 Å². The average Bonchev–Trinajstić information content (AvgIpc) is 2.48. The largest absolute Gasteiger partial charge is 0.354 e. The van der Waals surface area contributed by atoms with Gasteiger partial charge < -0.3 is 4.90 Å². The highest BCUT2D eigenvalue weighted by Crippen LogP contribution is 2.24. The number of nitrogens with zero attached hydrogens (tertiary/aromatic N) is 4. The molecule has 0 spiro atoms. The van der Waals surface area contributed by atoms with Crippen molar-refractivity contribution in [3.05, 3.63) is 17.5 Å². The summed E-state index contributed by atoms with van der Waals surface area (Å²) in [4.78, 5) is 13.2. The molecule has 4 nitrogen and oxygen atoms in total. The number of hydrogen-bond acceptors (Lipinski definition) is 4. The number of rotatable bonds is 2. The van der Waals surface area contributed by atoms with Crippen molar-refractivity contribution in [1.82, 2.24) is 14.9 Å². The van der Waals surface area contributed by atoms with E-state index in [1.54, 1.807) is 6.20 Å². The fourth-order valence-corrected chi connectivity index (χ4v) is 3.41. The zero-order chi connectivity index (χ0) is 13.1. The van der Waals surface area contributed by atoms with Gasteiger partial charge in [0, 0.05) is 38.4 Å². The molecule has 0 radical (unpaired) electrons. The molecule has 1 saturated heterocycles. The first-order chi connectivity index (χ1) is 9.33. The van der Waals surface area contributed by atoms with E-state index in [9.17, 15) is 0 Å². The molecular weight excluding hydrogens is 260 g/mol. The maximum Gasteiger partial charge on any atom is 0.224 e. The van der Waals surface area contributed by atoms with Crippen molar-refractivity contribution in [2.24, 2.45) is 0 Å². The number of piperazine rings is 1. The van der Waals surface area contributed by atoms with E-state index in [1.165, 1.54) is 32.1 Å². The maximum absolute atomic E-state index is 5.86. The third kappa shape index (κ3) is 3.18. The highest BCUT2D eigenvalue weighted by Gasteiger charge is 2.25. The van der Waals surface area contributed by atoms with Crippen LogP contribution in [-0.4, -0.2) is 47.1 Å². The minimum absolute atomic E-state index is 0.340. The summed E-state index contributed by atoms with van der Waals surface area (Å²) in [6.07, 6.45) is 8.76. The number of aromatic nitrogens is 2. The molecule has 104 valence electrons. The highest BCUT2D eigenvalue weighted by molar-refractivity contribution is 6.28. The van der Waals surface area contributed by atoms with E-state index in [2.05, 4.69) is 19.8 Å². The fourth-order valence-electron chi connectivity index (χ4n) is 3.26. The van der Waals surface area contributed by atoms with Crippen molar-refractivity contribution in [3.63, 3.8) is 0 Å². The molecular formula is C14H21ClN4.